The summed E-state index contributed by atoms with van der Waals surface area (Å²) in [6.45, 7) is 4.00. The van der Waals surface area contributed by atoms with Crippen molar-refractivity contribution in [1.29, 1.82) is 0 Å². The van der Waals surface area contributed by atoms with Crippen LogP contribution in [-0.2, 0) is 6.54 Å². The van der Waals surface area contributed by atoms with Crippen molar-refractivity contribution in [3.05, 3.63) is 89.4 Å². The van der Waals surface area contributed by atoms with E-state index in [9.17, 15) is 4.79 Å². The molecule has 1 saturated heterocycles. The average Bonchev–Trinajstić information content (AvgIpc) is 3.56. The van der Waals surface area contributed by atoms with Crippen molar-refractivity contribution in [3.63, 3.8) is 0 Å². The normalized spacial score (nSPS) is 15.8. The molecule has 35 heavy (non-hydrogen) atoms. The minimum absolute atomic E-state index is 0.104. The molecule has 2 aromatic carbocycles. The van der Waals surface area contributed by atoms with Crippen LogP contribution in [-0.4, -0.2) is 39.6 Å². The van der Waals surface area contributed by atoms with Gasteiger partial charge in [0.05, 0.1) is 13.2 Å². The summed E-state index contributed by atoms with van der Waals surface area (Å²) in [4.78, 5) is 23.9. The number of benzene rings is 2. The smallest absolute Gasteiger partial charge is 0.256 e. The third kappa shape index (κ3) is 5.07. The number of carbonyl (C=O) groups excluding carboxylic acids is 1. The molecule has 0 radical (unpaired) electrons. The number of nitrogens with one attached hydrogen (secondary N) is 1. The highest BCUT2D eigenvalue weighted by Crippen LogP contribution is 2.33. The van der Waals surface area contributed by atoms with Gasteiger partial charge in [-0.25, -0.2) is 4.98 Å². The van der Waals surface area contributed by atoms with Crippen LogP contribution >= 0.6 is 0 Å². The summed E-state index contributed by atoms with van der Waals surface area (Å²) in [5.41, 5.74) is 3.85. The second-order valence-electron chi connectivity index (χ2n) is 8.63. The maximum atomic E-state index is 12.5. The second-order valence-corrected chi connectivity index (χ2v) is 8.63. The molecule has 1 atom stereocenters. The molecule has 0 bridgehead atoms. The van der Waals surface area contributed by atoms with Gasteiger partial charge >= 0.3 is 0 Å². The Morgan fingerprint density at radius 2 is 1.97 bits per heavy atom. The van der Waals surface area contributed by atoms with Gasteiger partial charge in [-0.3, -0.25) is 9.69 Å². The number of hydrogen-bond donors (Lipinski definition) is 1. The predicted molar refractivity (Wildman–Crippen MR) is 132 cm³/mol. The minimum atomic E-state index is -0.246. The van der Waals surface area contributed by atoms with E-state index in [1.165, 1.54) is 11.1 Å². The third-order valence-corrected chi connectivity index (χ3v) is 6.34. The molecule has 3 heterocycles. The van der Waals surface area contributed by atoms with Crippen LogP contribution in [0.2, 0.25) is 0 Å². The third-order valence-electron chi connectivity index (χ3n) is 6.34. The number of methoxy groups -OCH3 is 1. The van der Waals surface area contributed by atoms with E-state index in [1.807, 2.05) is 6.07 Å². The summed E-state index contributed by atoms with van der Waals surface area (Å²) in [6, 6.07) is 19.0. The number of carbonyl (C=O) groups is 1. The molecule has 0 saturated carbocycles. The maximum Gasteiger partial charge on any atom is 0.256 e. The predicted octanol–water partition coefficient (Wildman–Crippen LogP) is 5.04. The highest BCUT2D eigenvalue weighted by molar-refractivity contribution is 6.03. The first-order chi connectivity index (χ1) is 17.1. The van der Waals surface area contributed by atoms with Gasteiger partial charge in [-0.15, -0.1) is 0 Å². The van der Waals surface area contributed by atoms with E-state index in [1.54, 1.807) is 43.6 Å². The Bertz CT molecular complexity index is 1300. The topological polar surface area (TPSA) is 93.4 Å². The molecule has 0 spiro atoms. The number of pyridine rings is 1. The van der Waals surface area contributed by atoms with Crippen LogP contribution in [0.15, 0.2) is 71.4 Å². The van der Waals surface area contributed by atoms with Crippen LogP contribution in [0.1, 0.15) is 46.3 Å². The van der Waals surface area contributed by atoms with E-state index in [0.717, 1.165) is 31.5 Å². The Hall–Kier alpha value is -4.04. The zero-order valence-electron chi connectivity index (χ0n) is 19.8. The summed E-state index contributed by atoms with van der Waals surface area (Å²) in [7, 11) is 1.59. The van der Waals surface area contributed by atoms with E-state index in [2.05, 4.69) is 56.5 Å². The fourth-order valence-corrected chi connectivity index (χ4v) is 4.32. The van der Waals surface area contributed by atoms with Crippen LogP contribution in [0, 0.1) is 6.92 Å². The molecule has 8 heteroatoms. The zero-order valence-corrected chi connectivity index (χ0v) is 19.8. The van der Waals surface area contributed by atoms with Crippen molar-refractivity contribution in [1.82, 2.24) is 20.0 Å². The summed E-state index contributed by atoms with van der Waals surface area (Å²) in [6.07, 6.45) is 3.72. The average molecular weight is 470 g/mol. The van der Waals surface area contributed by atoms with Crippen molar-refractivity contribution >= 4 is 11.7 Å². The quantitative estimate of drug-likeness (QED) is 0.405. The highest BCUT2D eigenvalue weighted by Gasteiger charge is 2.31. The molecule has 1 aliphatic rings. The molecule has 178 valence electrons. The summed E-state index contributed by atoms with van der Waals surface area (Å²) in [5.74, 6) is 2.01. The first-order valence-electron chi connectivity index (χ1n) is 11.6. The van der Waals surface area contributed by atoms with Crippen LogP contribution in [0.25, 0.3) is 11.4 Å². The lowest BCUT2D eigenvalue weighted by Crippen LogP contribution is -2.23. The van der Waals surface area contributed by atoms with E-state index in [0.29, 0.717) is 28.8 Å². The minimum Gasteiger partial charge on any atom is -0.497 e. The van der Waals surface area contributed by atoms with Crippen molar-refractivity contribution in [2.45, 2.75) is 32.4 Å². The van der Waals surface area contributed by atoms with Crippen LogP contribution in [0.3, 0.4) is 0 Å². The lowest BCUT2D eigenvalue weighted by molar-refractivity contribution is 0.102. The monoisotopic (exact) mass is 469 g/mol. The summed E-state index contributed by atoms with van der Waals surface area (Å²) >= 11 is 0. The summed E-state index contributed by atoms with van der Waals surface area (Å²) in [5, 5.41) is 6.99. The Balaban J connectivity index is 1.25. The van der Waals surface area contributed by atoms with E-state index < -0.39 is 0 Å². The van der Waals surface area contributed by atoms with Crippen molar-refractivity contribution in [2.24, 2.45) is 0 Å². The number of aryl methyl sites for hydroxylation is 1. The van der Waals surface area contributed by atoms with Crippen LogP contribution in [0.4, 0.5) is 5.82 Å². The molecular weight excluding hydrogens is 442 g/mol. The van der Waals surface area contributed by atoms with Gasteiger partial charge in [0.15, 0.2) is 0 Å². The molecule has 1 aliphatic heterocycles. The van der Waals surface area contributed by atoms with E-state index in [4.69, 9.17) is 9.26 Å². The van der Waals surface area contributed by atoms with Crippen molar-refractivity contribution in [3.8, 4) is 17.1 Å². The van der Waals surface area contributed by atoms with E-state index in [-0.39, 0.29) is 11.9 Å². The van der Waals surface area contributed by atoms with Gasteiger partial charge in [0, 0.05) is 23.9 Å². The van der Waals surface area contributed by atoms with Gasteiger partial charge in [0.1, 0.15) is 11.6 Å². The molecule has 8 nitrogen and oxygen atoms in total. The Labute approximate surface area is 204 Å². The number of anilines is 1. The number of ether oxygens (including phenoxy) is 1. The van der Waals surface area contributed by atoms with Gasteiger partial charge < -0.3 is 14.6 Å². The zero-order chi connectivity index (χ0) is 24.2. The van der Waals surface area contributed by atoms with Crippen molar-refractivity contribution in [2.75, 3.05) is 19.0 Å². The lowest BCUT2D eigenvalue weighted by Gasteiger charge is -2.22. The molecular formula is C27H27N5O3. The maximum absolute atomic E-state index is 12.5. The second kappa shape index (κ2) is 10.1. The first kappa shape index (κ1) is 22.7. The first-order valence-corrected chi connectivity index (χ1v) is 11.6. The van der Waals surface area contributed by atoms with Gasteiger partial charge in [-0.1, -0.05) is 29.4 Å². The number of nitrogens with zero attached hydrogens (tertiary/aromatic N) is 4. The fourth-order valence-electron chi connectivity index (χ4n) is 4.32. The number of rotatable bonds is 7. The number of hydrogen-bond acceptors (Lipinski definition) is 7. The summed E-state index contributed by atoms with van der Waals surface area (Å²) < 4.78 is 10.8. The van der Waals surface area contributed by atoms with Crippen LogP contribution < -0.4 is 10.1 Å². The largest absolute Gasteiger partial charge is 0.497 e. The molecule has 1 fully saturated rings. The van der Waals surface area contributed by atoms with Gasteiger partial charge in [-0.2, -0.15) is 4.98 Å². The molecule has 1 N–H and O–H groups in total. The molecule has 1 amide bonds. The Morgan fingerprint density at radius 3 is 2.71 bits per heavy atom. The van der Waals surface area contributed by atoms with Crippen LogP contribution in [0.5, 0.6) is 5.75 Å². The van der Waals surface area contributed by atoms with E-state index >= 15 is 0 Å². The number of likely N-dealkylation sites (tertiary alicyclic amines) is 1. The van der Waals surface area contributed by atoms with Crippen molar-refractivity contribution < 1.29 is 14.1 Å². The Morgan fingerprint density at radius 1 is 1.14 bits per heavy atom. The number of aromatic nitrogens is 3. The van der Waals surface area contributed by atoms with Gasteiger partial charge in [0.2, 0.25) is 11.7 Å². The molecule has 4 aromatic rings. The molecule has 1 unspecified atom stereocenters. The van der Waals surface area contributed by atoms with Gasteiger partial charge in [-0.05, 0) is 73.8 Å². The number of amides is 1. The van der Waals surface area contributed by atoms with Gasteiger partial charge in [0.25, 0.3) is 5.91 Å². The molecule has 2 aromatic heterocycles. The Kier molecular flexibility index (Phi) is 6.54. The lowest BCUT2D eigenvalue weighted by atomic mass is 10.1. The highest BCUT2D eigenvalue weighted by atomic mass is 16.5. The fraction of sp³-hybridized carbons (Fsp3) is 0.259. The molecule has 5 rings (SSSR count). The SMILES string of the molecule is COc1ccc(C(=O)Nc2ccc(-c3noc(C4CCCN4Cc4ccccc4C)n3)cn2)cc1. The standard InChI is InChI=1S/C27H27N5O3/c1-18-6-3-4-7-21(18)17-32-15-5-8-23(32)27-30-25(31-35-27)20-11-14-24(28-16-20)29-26(33)19-9-12-22(34-2)13-10-19/h3-4,6-7,9-14,16,23H,5,8,15,17H2,1-2H3,(H,28,29,33). The molecule has 0 aliphatic carbocycles.